The molecule has 0 aliphatic heterocycles. The molecule has 0 saturated heterocycles. The van der Waals surface area contributed by atoms with E-state index in [9.17, 15) is 19.4 Å². The van der Waals surface area contributed by atoms with Gasteiger partial charge < -0.3 is 19.8 Å². The van der Waals surface area contributed by atoms with Crippen LogP contribution in [0.5, 0.6) is 0 Å². The quantitative estimate of drug-likeness (QED) is 0.0243. The molecule has 0 aromatic carbocycles. The van der Waals surface area contributed by atoms with Crippen molar-refractivity contribution in [3.8, 4) is 0 Å². The van der Waals surface area contributed by atoms with Crippen LogP contribution in [0.4, 0.5) is 0 Å². The van der Waals surface area contributed by atoms with Crippen LogP contribution in [0.15, 0.2) is 109 Å². The summed E-state index contributed by atoms with van der Waals surface area (Å²) in [5, 5.41) is 14.0. The smallest absolute Gasteiger partial charge is 0.387 e. The maximum Gasteiger partial charge on any atom is 0.472 e. The Hall–Kier alpha value is -2.84. The molecule has 0 heterocycles. The lowest BCUT2D eigenvalue weighted by molar-refractivity contribution is -0.870. The van der Waals surface area contributed by atoms with E-state index in [2.05, 4.69) is 116 Å². The number of quaternary nitrogens is 1. The van der Waals surface area contributed by atoms with Crippen molar-refractivity contribution in [3.05, 3.63) is 109 Å². The highest BCUT2D eigenvalue weighted by molar-refractivity contribution is 7.47. The molecule has 80 heavy (non-hydrogen) atoms. The van der Waals surface area contributed by atoms with Gasteiger partial charge in [-0.3, -0.25) is 13.8 Å². The molecule has 0 spiro atoms. The molecule has 3 unspecified atom stereocenters. The summed E-state index contributed by atoms with van der Waals surface area (Å²) in [6.07, 6.45) is 89.4. The second kappa shape index (κ2) is 60.7. The van der Waals surface area contributed by atoms with E-state index < -0.39 is 20.0 Å². The fraction of sp³-hybridized carbons (Fsp3) is 0.732. The van der Waals surface area contributed by atoms with E-state index >= 15 is 0 Å². The number of carbonyl (C=O) groups is 1. The van der Waals surface area contributed by atoms with E-state index in [0.717, 1.165) is 83.5 Å². The third-order valence-electron chi connectivity index (χ3n) is 14.5. The maximum atomic E-state index is 13.0. The predicted molar refractivity (Wildman–Crippen MR) is 350 cm³/mol. The highest BCUT2D eigenvalue weighted by atomic mass is 31.2. The Morgan fingerprint density at radius 1 is 0.438 bits per heavy atom. The van der Waals surface area contributed by atoms with E-state index in [4.69, 9.17) is 9.05 Å². The van der Waals surface area contributed by atoms with E-state index in [1.165, 1.54) is 173 Å². The molecule has 0 bridgehead atoms. The fourth-order valence-corrected chi connectivity index (χ4v) is 10.1. The van der Waals surface area contributed by atoms with E-state index in [0.29, 0.717) is 23.9 Å². The molecule has 3 N–H and O–H groups in total. The number of hydrogen-bond donors (Lipinski definition) is 3. The summed E-state index contributed by atoms with van der Waals surface area (Å²) in [7, 11) is 1.53. The summed E-state index contributed by atoms with van der Waals surface area (Å²) >= 11 is 0. The normalized spacial score (nSPS) is 14.4. The van der Waals surface area contributed by atoms with Crippen molar-refractivity contribution in [2.45, 2.75) is 296 Å². The van der Waals surface area contributed by atoms with Crippen LogP contribution in [-0.4, -0.2) is 73.4 Å². The molecule has 0 rings (SSSR count). The number of aliphatic hydroxyl groups is 1. The molecular weight excluding hydrogens is 1010 g/mol. The zero-order valence-electron chi connectivity index (χ0n) is 52.8. The zero-order chi connectivity index (χ0) is 58.4. The first-order valence-electron chi connectivity index (χ1n) is 33.3. The third-order valence-corrected chi connectivity index (χ3v) is 15.5. The van der Waals surface area contributed by atoms with Crippen molar-refractivity contribution in [1.29, 1.82) is 0 Å². The SMILES string of the molecule is CC/C=C\C/C=C\C/C=C\C/C=C\C/C=C\C/C=C\C/C=C\C/C=C\CCCCC(=O)NC(COP(=O)(O)OCC[N+](C)(C)C)C(O)/C=C/CCCCCCCCCCCCCCCCCCCCCCCCCCCCCCC. The van der Waals surface area contributed by atoms with Gasteiger partial charge in [0.2, 0.25) is 5.91 Å². The topological polar surface area (TPSA) is 105 Å². The molecule has 0 aliphatic carbocycles. The van der Waals surface area contributed by atoms with Gasteiger partial charge in [0, 0.05) is 6.42 Å². The van der Waals surface area contributed by atoms with Crippen molar-refractivity contribution in [3.63, 3.8) is 0 Å². The van der Waals surface area contributed by atoms with Crippen LogP contribution in [-0.2, 0) is 18.4 Å². The molecule has 0 aliphatic rings. The van der Waals surface area contributed by atoms with Gasteiger partial charge in [0.25, 0.3) is 0 Å². The molecule has 0 aromatic rings. The monoisotopic (exact) mass is 1140 g/mol. The maximum absolute atomic E-state index is 13.0. The van der Waals surface area contributed by atoms with Crippen LogP contribution >= 0.6 is 7.82 Å². The molecule has 8 nitrogen and oxygen atoms in total. The van der Waals surface area contributed by atoms with Crippen molar-refractivity contribution < 1.29 is 32.9 Å². The Kier molecular flexibility index (Phi) is 58.6. The summed E-state index contributed by atoms with van der Waals surface area (Å²) < 4.78 is 23.8. The van der Waals surface area contributed by atoms with Gasteiger partial charge in [0.1, 0.15) is 13.2 Å². The standard InChI is InChI=1S/C71H127N2O6P/c1-6-8-10-12-14-16-18-20-22-24-26-28-30-32-34-35-36-37-39-40-42-44-46-48-50-52-54-56-58-60-62-64-70(74)69(68-79-80(76,77)78-67-66-73(3,4)5)72-71(75)65-63-61-59-57-55-53-51-49-47-45-43-41-38-33-31-29-27-25-23-21-19-17-15-13-11-9-7-2/h9,11,15,17,21,23,27,29,33,38,43,45,49,51,55,57,62,64,69-70,74H,6-8,10,12-14,16,18-20,22,24-26,28,30-32,34-37,39-42,44,46-48,50,52-54,56,58-61,63,65-68H2,1-5H3,(H-,72,75,76,77)/p+1/b11-9-,17-15-,23-21-,29-27-,38-33-,45-43-,51-49-,57-55-,64-62+. The van der Waals surface area contributed by atoms with Crippen molar-refractivity contribution in [2.24, 2.45) is 0 Å². The molecule has 0 radical (unpaired) electrons. The summed E-state index contributed by atoms with van der Waals surface area (Å²) in [5.41, 5.74) is 0. The first kappa shape index (κ1) is 77.2. The van der Waals surface area contributed by atoms with Gasteiger partial charge in [0.15, 0.2) is 0 Å². The molecule has 0 saturated carbocycles. The van der Waals surface area contributed by atoms with Crippen LogP contribution < -0.4 is 5.32 Å². The van der Waals surface area contributed by atoms with Gasteiger partial charge >= 0.3 is 7.82 Å². The van der Waals surface area contributed by atoms with Crippen LogP contribution in [0.1, 0.15) is 284 Å². The Balaban J connectivity index is 4.22. The molecule has 0 aromatic heterocycles. The minimum absolute atomic E-state index is 0.0471. The van der Waals surface area contributed by atoms with Gasteiger partial charge in [-0.1, -0.05) is 303 Å². The number of amides is 1. The minimum atomic E-state index is -4.37. The molecule has 462 valence electrons. The van der Waals surface area contributed by atoms with Crippen LogP contribution in [0.2, 0.25) is 0 Å². The average molecular weight is 1140 g/mol. The molecule has 0 fully saturated rings. The third kappa shape index (κ3) is 62.8. The lowest BCUT2D eigenvalue weighted by atomic mass is 10.0. The number of rotatable bonds is 60. The highest BCUT2D eigenvalue weighted by Crippen LogP contribution is 2.43. The number of phosphoric ester groups is 1. The first-order chi connectivity index (χ1) is 39.0. The summed E-state index contributed by atoms with van der Waals surface area (Å²) in [5.74, 6) is -0.220. The van der Waals surface area contributed by atoms with Crippen LogP contribution in [0.3, 0.4) is 0 Å². The number of phosphoric acid groups is 1. The largest absolute Gasteiger partial charge is 0.472 e. The summed E-state index contributed by atoms with van der Waals surface area (Å²) in [4.78, 5) is 23.4. The van der Waals surface area contributed by atoms with Gasteiger partial charge in [-0.15, -0.1) is 0 Å². The molecule has 9 heteroatoms. The minimum Gasteiger partial charge on any atom is -0.387 e. The Morgan fingerprint density at radius 3 is 1.10 bits per heavy atom. The molecular formula is C71H128N2O6P+. The number of nitrogens with one attached hydrogen (secondary N) is 1. The number of nitrogens with zero attached hydrogens (tertiary/aromatic N) is 1. The number of hydrogen-bond acceptors (Lipinski definition) is 5. The second-order valence-corrected chi connectivity index (χ2v) is 24.9. The average Bonchev–Trinajstić information content (AvgIpc) is 3.42. The predicted octanol–water partition coefficient (Wildman–Crippen LogP) is 21.1. The number of likely N-dealkylation sites (N-methyl/N-ethyl adjacent to an activating group) is 1. The van der Waals surface area contributed by atoms with Gasteiger partial charge in [-0.05, 0) is 83.5 Å². The lowest BCUT2D eigenvalue weighted by Gasteiger charge is -2.25. The number of aliphatic hydroxyl groups excluding tert-OH is 1. The second-order valence-electron chi connectivity index (χ2n) is 23.5. The number of unbranched alkanes of at least 4 members (excludes halogenated alkanes) is 31. The van der Waals surface area contributed by atoms with Gasteiger partial charge in [-0.25, -0.2) is 4.57 Å². The molecule has 3 atom stereocenters. The van der Waals surface area contributed by atoms with Crippen molar-refractivity contribution in [1.82, 2.24) is 5.32 Å². The lowest BCUT2D eigenvalue weighted by Crippen LogP contribution is -2.45. The summed E-state index contributed by atoms with van der Waals surface area (Å²) in [6, 6.07) is -0.880. The first-order valence-corrected chi connectivity index (χ1v) is 34.8. The highest BCUT2D eigenvalue weighted by Gasteiger charge is 2.27. The Labute approximate surface area is 495 Å². The number of carbonyl (C=O) groups excluding carboxylic acids is 1. The van der Waals surface area contributed by atoms with Gasteiger partial charge in [-0.2, -0.15) is 0 Å². The van der Waals surface area contributed by atoms with E-state index in [1.807, 2.05) is 27.2 Å². The van der Waals surface area contributed by atoms with Crippen molar-refractivity contribution >= 4 is 13.7 Å². The van der Waals surface area contributed by atoms with Crippen molar-refractivity contribution in [2.75, 3.05) is 40.9 Å². The van der Waals surface area contributed by atoms with Crippen LogP contribution in [0, 0.1) is 0 Å². The Bertz CT molecular complexity index is 1670. The van der Waals surface area contributed by atoms with E-state index in [1.54, 1.807) is 6.08 Å². The van der Waals surface area contributed by atoms with Crippen LogP contribution in [0.25, 0.3) is 0 Å². The molecule has 1 amide bonds. The zero-order valence-corrected chi connectivity index (χ0v) is 53.7. The summed E-state index contributed by atoms with van der Waals surface area (Å²) in [6.45, 7) is 4.68. The fourth-order valence-electron chi connectivity index (χ4n) is 9.35. The van der Waals surface area contributed by atoms with E-state index in [-0.39, 0.29) is 19.1 Å². The number of allylic oxidation sites excluding steroid dienone is 17. The van der Waals surface area contributed by atoms with Gasteiger partial charge in [0.05, 0.1) is 39.9 Å². The Morgan fingerprint density at radius 2 is 0.750 bits per heavy atom.